The molecule has 24 heteroatoms. The van der Waals surface area contributed by atoms with E-state index in [2.05, 4.69) is 48.6 Å². The van der Waals surface area contributed by atoms with E-state index < -0.39 is 82.9 Å². The van der Waals surface area contributed by atoms with Crippen LogP contribution in [0.15, 0.2) is 78.9 Å². The highest BCUT2D eigenvalue weighted by atomic mass is 35.5. The molecule has 446 valence electrons. The molecule has 6 amide bonds. The fraction of sp³-hybridized carbons (Fsp3) is 0.483. The van der Waals surface area contributed by atoms with Crippen LogP contribution in [0, 0.1) is 23.4 Å². The van der Waals surface area contributed by atoms with Gasteiger partial charge in [-0.05, 0) is 130 Å². The highest BCUT2D eigenvalue weighted by Crippen LogP contribution is 2.41. The van der Waals surface area contributed by atoms with Gasteiger partial charge >= 0.3 is 0 Å². The van der Waals surface area contributed by atoms with Crippen molar-refractivity contribution in [3.63, 3.8) is 0 Å². The minimum absolute atomic E-state index is 0. The number of morpholine rings is 1. The van der Waals surface area contributed by atoms with E-state index in [0.717, 1.165) is 40.8 Å². The van der Waals surface area contributed by atoms with Gasteiger partial charge in [-0.2, -0.15) is 0 Å². The standard InChI is InChI=1S/C58H71F3N10O8.3ClH/c1-34-27-69(43(26-63-34)29-68-19-22-79-32-35(68)2)31-50(73)70(57(77)58(4)33-64-48-24-38(11-16-45(48)58)23-37-9-13-41(59)14-10-37)30-49(72)65-42-15-12-40-28-71(53(44(40)25-42)55(75)67-52-46(60)7-6-8-47(52)61)56(76)51(39-17-20-78-21-18-39)66-54(74)36(3)62-5;;;/h6-16,24-25,34-36,39,43,51,53,62-64H,17-23,26-33H2,1-5H3,(H,65,72)(H,66,74)(H,67,75);3*1H/t34-,35-,36+,43-,51+,53+,58+;;;/m1.../s1. The molecule has 0 saturated carbocycles. The van der Waals surface area contributed by atoms with Crippen LogP contribution in [0.3, 0.4) is 0 Å². The summed E-state index contributed by atoms with van der Waals surface area (Å²) in [7, 11) is 1.61. The van der Waals surface area contributed by atoms with Crippen LogP contribution in [-0.4, -0.2) is 165 Å². The van der Waals surface area contributed by atoms with Crippen molar-refractivity contribution in [3.8, 4) is 0 Å². The van der Waals surface area contributed by atoms with Gasteiger partial charge in [-0.1, -0.05) is 36.4 Å². The maximum absolute atomic E-state index is 15.3. The number of para-hydroxylation sites is 1. The Morgan fingerprint density at radius 2 is 1.56 bits per heavy atom. The molecule has 18 nitrogen and oxygen atoms in total. The lowest BCUT2D eigenvalue weighted by Gasteiger charge is -2.44. The van der Waals surface area contributed by atoms with Gasteiger partial charge in [0.2, 0.25) is 29.5 Å². The van der Waals surface area contributed by atoms with Gasteiger partial charge in [0.1, 0.15) is 41.8 Å². The quantitative estimate of drug-likeness (QED) is 0.0768. The van der Waals surface area contributed by atoms with Gasteiger partial charge in [0.25, 0.3) is 5.91 Å². The Kier molecular flexibility index (Phi) is 22.8. The van der Waals surface area contributed by atoms with Crippen molar-refractivity contribution in [1.82, 2.24) is 35.6 Å². The average Bonchev–Trinajstić information content (AvgIpc) is 4.13. The number of halogens is 6. The molecule has 0 spiro atoms. The van der Waals surface area contributed by atoms with Crippen LogP contribution in [-0.2, 0) is 56.6 Å². The maximum Gasteiger partial charge on any atom is 0.252 e. The van der Waals surface area contributed by atoms with E-state index in [0.29, 0.717) is 82.1 Å². The predicted molar refractivity (Wildman–Crippen MR) is 312 cm³/mol. The second-order valence-electron chi connectivity index (χ2n) is 21.8. The SMILES string of the molecule is CN[C@@H](C)C(=O)N[C@H](C(=O)N1Cc2ccc(NC(=O)CN(C(=O)CN3C[C@@H](C)NC[C@@H]3CN3CCOC[C@H]3C)C(=O)[C@@]3(C)CNc4cc(Cc5ccc(F)cc5)ccc43)cc2[C@H]1C(=O)Nc1c(F)cccc1F)C1CCOCC1.Cl.Cl.Cl. The molecule has 5 heterocycles. The largest absolute Gasteiger partial charge is 0.383 e. The number of likely N-dealkylation sites (N-methyl/N-ethyl adjacent to an activating group) is 1. The number of ether oxygens (including phenoxy) is 2. The first-order chi connectivity index (χ1) is 37.9. The number of piperazine rings is 1. The molecule has 4 aromatic rings. The van der Waals surface area contributed by atoms with Gasteiger partial charge in [0.05, 0.1) is 31.2 Å². The number of imide groups is 1. The first-order valence-corrected chi connectivity index (χ1v) is 27.2. The second kappa shape index (κ2) is 28.6. The second-order valence-corrected chi connectivity index (χ2v) is 21.8. The number of hydrogen-bond acceptors (Lipinski definition) is 13. The Labute approximate surface area is 494 Å². The normalized spacial score (nSPS) is 22.3. The first-order valence-electron chi connectivity index (χ1n) is 27.2. The molecule has 0 aromatic heterocycles. The zero-order valence-corrected chi connectivity index (χ0v) is 49.0. The fourth-order valence-electron chi connectivity index (χ4n) is 11.4. The molecule has 3 fully saturated rings. The van der Waals surface area contributed by atoms with Crippen LogP contribution in [0.4, 0.5) is 30.2 Å². The highest BCUT2D eigenvalue weighted by molar-refractivity contribution is 6.07. The number of hydrogen-bond donors (Lipinski definition) is 6. The zero-order chi connectivity index (χ0) is 56.1. The highest BCUT2D eigenvalue weighted by Gasteiger charge is 2.48. The predicted octanol–water partition coefficient (Wildman–Crippen LogP) is 5.56. The summed E-state index contributed by atoms with van der Waals surface area (Å²) in [4.78, 5) is 94.4. The number of nitrogens with zero attached hydrogens (tertiary/aromatic N) is 4. The van der Waals surface area contributed by atoms with Crippen LogP contribution in [0.2, 0.25) is 0 Å². The molecule has 4 aromatic carbocycles. The molecule has 0 bridgehead atoms. The van der Waals surface area contributed by atoms with E-state index in [-0.39, 0.29) is 98.0 Å². The van der Waals surface area contributed by atoms with Crippen molar-refractivity contribution in [2.75, 3.05) is 95.2 Å². The smallest absolute Gasteiger partial charge is 0.252 e. The maximum atomic E-state index is 15.3. The minimum Gasteiger partial charge on any atom is -0.383 e. The molecule has 6 N–H and O–H groups in total. The van der Waals surface area contributed by atoms with Crippen molar-refractivity contribution >= 4 is 89.7 Å². The summed E-state index contributed by atoms with van der Waals surface area (Å²) >= 11 is 0. The molecule has 0 radical (unpaired) electrons. The van der Waals surface area contributed by atoms with Crippen LogP contribution >= 0.6 is 37.2 Å². The Bertz CT molecular complexity index is 2930. The summed E-state index contributed by atoms with van der Waals surface area (Å²) in [5, 5.41) is 17.9. The summed E-state index contributed by atoms with van der Waals surface area (Å²) in [6, 6.07) is 16.5. The third-order valence-corrected chi connectivity index (χ3v) is 16.2. The first kappa shape index (κ1) is 65.3. The van der Waals surface area contributed by atoms with Crippen molar-refractivity contribution in [1.29, 1.82) is 0 Å². The van der Waals surface area contributed by atoms with Crippen LogP contribution in [0.5, 0.6) is 0 Å². The van der Waals surface area contributed by atoms with E-state index in [9.17, 15) is 23.6 Å². The number of nitrogens with one attached hydrogen (secondary N) is 6. The van der Waals surface area contributed by atoms with Crippen LogP contribution in [0.25, 0.3) is 0 Å². The average molecular weight is 1200 g/mol. The van der Waals surface area contributed by atoms with Gasteiger partial charge in [-0.3, -0.25) is 43.5 Å². The number of anilines is 3. The molecule has 0 unspecified atom stereocenters. The molecule has 9 rings (SSSR count). The van der Waals surface area contributed by atoms with Gasteiger partial charge in [-0.15, -0.1) is 37.2 Å². The number of fused-ring (bicyclic) bond motifs is 2. The summed E-state index contributed by atoms with van der Waals surface area (Å²) in [5.74, 6) is -6.71. The van der Waals surface area contributed by atoms with E-state index >= 15 is 18.4 Å². The molecular formula is C58H74Cl3F3N10O8. The fourth-order valence-corrected chi connectivity index (χ4v) is 11.4. The number of carbonyl (C=O) groups is 6. The van der Waals surface area contributed by atoms with Gasteiger partial charge in [0.15, 0.2) is 0 Å². The van der Waals surface area contributed by atoms with Crippen LogP contribution < -0.4 is 31.9 Å². The number of rotatable bonds is 17. The molecule has 82 heavy (non-hydrogen) atoms. The monoisotopic (exact) mass is 1200 g/mol. The summed E-state index contributed by atoms with van der Waals surface area (Å²) in [5.41, 5.74) is 2.00. The lowest BCUT2D eigenvalue weighted by molar-refractivity contribution is -0.151. The van der Waals surface area contributed by atoms with Crippen molar-refractivity contribution in [2.45, 2.75) is 95.2 Å². The minimum atomic E-state index is -1.50. The molecule has 0 aliphatic carbocycles. The Hall–Kier alpha value is -5.88. The molecular weight excluding hydrogens is 1130 g/mol. The molecule has 3 saturated heterocycles. The molecule has 7 atom stereocenters. The Balaban J connectivity index is 0.00000360. The number of benzene rings is 4. The van der Waals surface area contributed by atoms with E-state index in [1.165, 1.54) is 23.1 Å². The van der Waals surface area contributed by atoms with E-state index in [1.54, 1.807) is 45.2 Å². The third-order valence-electron chi connectivity index (χ3n) is 16.2. The van der Waals surface area contributed by atoms with Crippen molar-refractivity contribution in [3.05, 3.63) is 124 Å². The molecule has 5 aliphatic rings. The number of carbonyl (C=O) groups excluding carboxylic acids is 6. The topological polar surface area (TPSA) is 206 Å². The van der Waals surface area contributed by atoms with Gasteiger partial charge in [-0.25, -0.2) is 13.2 Å². The van der Waals surface area contributed by atoms with Crippen molar-refractivity contribution < 1.29 is 51.4 Å². The summed E-state index contributed by atoms with van der Waals surface area (Å²) < 4.78 is 55.3. The molecule has 5 aliphatic heterocycles. The Morgan fingerprint density at radius 1 is 0.854 bits per heavy atom. The van der Waals surface area contributed by atoms with E-state index in [4.69, 9.17) is 9.47 Å². The van der Waals surface area contributed by atoms with Gasteiger partial charge in [0, 0.05) is 82.0 Å². The van der Waals surface area contributed by atoms with Crippen molar-refractivity contribution in [2.24, 2.45) is 5.92 Å². The summed E-state index contributed by atoms with van der Waals surface area (Å²) in [6.07, 6.45) is 1.38. The third kappa shape index (κ3) is 14.7. The zero-order valence-electron chi connectivity index (χ0n) is 46.6. The Morgan fingerprint density at radius 3 is 2.26 bits per heavy atom. The van der Waals surface area contributed by atoms with Gasteiger partial charge < -0.3 is 46.3 Å². The van der Waals surface area contributed by atoms with Crippen LogP contribution in [0.1, 0.15) is 74.4 Å². The summed E-state index contributed by atoms with van der Waals surface area (Å²) in [6.45, 7) is 11.0. The number of amides is 6. The van der Waals surface area contributed by atoms with E-state index in [1.807, 2.05) is 25.1 Å². The lowest BCUT2D eigenvalue weighted by Crippen LogP contribution is -2.63. The lowest BCUT2D eigenvalue weighted by atomic mass is 9.82.